The second kappa shape index (κ2) is 6.47. The molecule has 1 fully saturated rings. The van der Waals surface area contributed by atoms with Crippen LogP contribution in [0, 0.1) is 0 Å². The molecule has 0 spiro atoms. The Hall–Kier alpha value is -1.24. The molecule has 1 saturated carbocycles. The van der Waals surface area contributed by atoms with Crippen molar-refractivity contribution in [2.75, 3.05) is 13.2 Å². The van der Waals surface area contributed by atoms with Crippen LogP contribution in [0.3, 0.4) is 0 Å². The molecule has 0 unspecified atom stereocenters. The summed E-state index contributed by atoms with van der Waals surface area (Å²) in [7, 11) is 0. The zero-order chi connectivity index (χ0) is 13.8. The van der Waals surface area contributed by atoms with Crippen molar-refractivity contribution in [2.24, 2.45) is 0 Å². The predicted octanol–water partition coefficient (Wildman–Crippen LogP) is 2.54. The Morgan fingerprint density at radius 1 is 1.40 bits per heavy atom. The van der Waals surface area contributed by atoms with Gasteiger partial charge in [0.25, 0.3) is 5.89 Å². The van der Waals surface area contributed by atoms with Crippen LogP contribution >= 0.6 is 11.3 Å². The smallest absolute Gasteiger partial charge is 0.268 e. The van der Waals surface area contributed by atoms with Crippen molar-refractivity contribution in [3.8, 4) is 10.8 Å². The maximum Gasteiger partial charge on any atom is 0.268 e. The summed E-state index contributed by atoms with van der Waals surface area (Å²) < 4.78 is 5.31. The molecule has 1 aliphatic carbocycles. The Morgan fingerprint density at radius 2 is 2.25 bits per heavy atom. The Kier molecular flexibility index (Phi) is 4.44. The molecule has 0 amide bonds. The van der Waals surface area contributed by atoms with E-state index in [1.807, 2.05) is 17.5 Å². The Labute approximate surface area is 122 Å². The summed E-state index contributed by atoms with van der Waals surface area (Å²) in [6.07, 6.45) is 4.96. The minimum Gasteiger partial charge on any atom is -0.395 e. The summed E-state index contributed by atoms with van der Waals surface area (Å²) in [5.74, 6) is 1.29. The van der Waals surface area contributed by atoms with Gasteiger partial charge in [0.15, 0.2) is 5.82 Å². The Bertz CT molecular complexity index is 520. The maximum atomic E-state index is 9.23. The van der Waals surface area contributed by atoms with Crippen LogP contribution in [0.5, 0.6) is 0 Å². The number of thiophene rings is 1. The predicted molar refractivity (Wildman–Crippen MR) is 77.4 cm³/mol. The summed E-state index contributed by atoms with van der Waals surface area (Å²) in [6.45, 7) is 1.50. The molecule has 2 aromatic heterocycles. The lowest BCUT2D eigenvalue weighted by Crippen LogP contribution is -2.35. The van der Waals surface area contributed by atoms with Crippen LogP contribution in [-0.2, 0) is 6.54 Å². The van der Waals surface area contributed by atoms with Crippen LogP contribution in [0.25, 0.3) is 10.8 Å². The van der Waals surface area contributed by atoms with E-state index in [-0.39, 0.29) is 6.61 Å². The quantitative estimate of drug-likeness (QED) is 0.886. The summed E-state index contributed by atoms with van der Waals surface area (Å²) >= 11 is 1.59. The molecule has 108 valence electrons. The molecule has 5 nitrogen and oxygen atoms in total. The van der Waals surface area contributed by atoms with Gasteiger partial charge in [-0.25, -0.2) is 0 Å². The van der Waals surface area contributed by atoms with E-state index in [4.69, 9.17) is 4.52 Å². The fourth-order valence-electron chi connectivity index (χ4n) is 2.79. The third-order valence-electron chi connectivity index (χ3n) is 3.77. The molecule has 20 heavy (non-hydrogen) atoms. The highest BCUT2D eigenvalue weighted by atomic mass is 32.1. The second-order valence-electron chi connectivity index (χ2n) is 5.13. The van der Waals surface area contributed by atoms with E-state index >= 15 is 0 Å². The number of nitrogens with zero attached hydrogens (tertiary/aromatic N) is 3. The van der Waals surface area contributed by atoms with Gasteiger partial charge in [-0.2, -0.15) is 4.98 Å². The zero-order valence-electron chi connectivity index (χ0n) is 11.4. The van der Waals surface area contributed by atoms with Crippen molar-refractivity contribution in [2.45, 2.75) is 38.3 Å². The number of aliphatic hydroxyl groups excluding tert-OH is 1. The second-order valence-corrected chi connectivity index (χ2v) is 6.07. The summed E-state index contributed by atoms with van der Waals surface area (Å²) in [5.41, 5.74) is 0. The van der Waals surface area contributed by atoms with Crippen LogP contribution in [0.2, 0.25) is 0 Å². The molecule has 2 heterocycles. The highest BCUT2D eigenvalue weighted by molar-refractivity contribution is 7.13. The molecular formula is C14H19N3O2S. The van der Waals surface area contributed by atoms with E-state index in [1.54, 1.807) is 11.3 Å². The first kappa shape index (κ1) is 13.7. The monoisotopic (exact) mass is 293 g/mol. The molecule has 6 heteroatoms. The van der Waals surface area contributed by atoms with E-state index in [9.17, 15) is 5.11 Å². The van der Waals surface area contributed by atoms with Gasteiger partial charge < -0.3 is 9.63 Å². The molecule has 0 aliphatic heterocycles. The molecule has 2 aromatic rings. The van der Waals surface area contributed by atoms with E-state index in [1.165, 1.54) is 25.7 Å². The Morgan fingerprint density at radius 3 is 2.95 bits per heavy atom. The van der Waals surface area contributed by atoms with Gasteiger partial charge in [-0.15, -0.1) is 11.3 Å². The standard InChI is InChI=1S/C14H19N3O2S/c18-8-7-17(11-4-1-2-5-11)10-13-15-14(19-16-13)12-6-3-9-20-12/h3,6,9,11,18H,1-2,4-5,7-8,10H2. The molecular weight excluding hydrogens is 274 g/mol. The SMILES string of the molecule is OCCN(Cc1noc(-c2cccs2)n1)C1CCCC1. The van der Waals surface area contributed by atoms with E-state index in [2.05, 4.69) is 15.0 Å². The van der Waals surface area contributed by atoms with Gasteiger partial charge in [0.1, 0.15) is 0 Å². The molecule has 1 N–H and O–H groups in total. The molecule has 1 aliphatic rings. The van der Waals surface area contributed by atoms with Gasteiger partial charge in [-0.3, -0.25) is 4.90 Å². The summed E-state index contributed by atoms with van der Waals surface area (Å²) in [4.78, 5) is 7.73. The topological polar surface area (TPSA) is 62.4 Å². The van der Waals surface area contributed by atoms with E-state index in [0.717, 1.165) is 4.88 Å². The normalized spacial score (nSPS) is 16.3. The minimum absolute atomic E-state index is 0.173. The average molecular weight is 293 g/mol. The van der Waals surface area contributed by atoms with Crippen LogP contribution in [0.4, 0.5) is 0 Å². The average Bonchev–Trinajstić information content (AvgIpc) is 3.20. The first-order valence-electron chi connectivity index (χ1n) is 7.08. The van der Waals surface area contributed by atoms with Gasteiger partial charge in [-0.1, -0.05) is 24.1 Å². The molecule has 0 saturated heterocycles. The van der Waals surface area contributed by atoms with Crippen LogP contribution in [0.1, 0.15) is 31.5 Å². The Balaban J connectivity index is 1.68. The lowest BCUT2D eigenvalue weighted by Gasteiger charge is -2.26. The van der Waals surface area contributed by atoms with Gasteiger partial charge in [0.2, 0.25) is 0 Å². The number of hydrogen-bond donors (Lipinski definition) is 1. The van der Waals surface area contributed by atoms with Crippen molar-refractivity contribution in [1.29, 1.82) is 0 Å². The zero-order valence-corrected chi connectivity index (χ0v) is 12.2. The van der Waals surface area contributed by atoms with Crippen molar-refractivity contribution >= 4 is 11.3 Å². The summed E-state index contributed by atoms with van der Waals surface area (Å²) in [5, 5.41) is 15.3. The van der Waals surface area contributed by atoms with Crippen molar-refractivity contribution in [3.05, 3.63) is 23.3 Å². The number of hydrogen-bond acceptors (Lipinski definition) is 6. The fraction of sp³-hybridized carbons (Fsp3) is 0.571. The molecule has 0 bridgehead atoms. The van der Waals surface area contributed by atoms with Gasteiger partial charge >= 0.3 is 0 Å². The van der Waals surface area contributed by atoms with Crippen LogP contribution in [-0.4, -0.2) is 39.3 Å². The molecule has 0 aromatic carbocycles. The number of rotatable bonds is 6. The van der Waals surface area contributed by atoms with E-state index < -0.39 is 0 Å². The van der Waals surface area contributed by atoms with Crippen molar-refractivity contribution in [1.82, 2.24) is 15.0 Å². The van der Waals surface area contributed by atoms with Crippen molar-refractivity contribution in [3.63, 3.8) is 0 Å². The van der Waals surface area contributed by atoms with Crippen molar-refractivity contribution < 1.29 is 9.63 Å². The highest BCUT2D eigenvalue weighted by Gasteiger charge is 2.23. The lowest BCUT2D eigenvalue weighted by atomic mass is 10.2. The van der Waals surface area contributed by atoms with Gasteiger partial charge in [0, 0.05) is 12.6 Å². The fourth-order valence-corrected chi connectivity index (χ4v) is 3.43. The molecule has 3 rings (SSSR count). The first-order valence-corrected chi connectivity index (χ1v) is 7.96. The minimum atomic E-state index is 0.173. The molecule has 0 radical (unpaired) electrons. The lowest BCUT2D eigenvalue weighted by molar-refractivity contribution is 0.140. The maximum absolute atomic E-state index is 9.23. The van der Waals surface area contributed by atoms with Gasteiger partial charge in [-0.05, 0) is 24.3 Å². The first-order chi connectivity index (χ1) is 9.86. The third kappa shape index (κ3) is 3.08. The summed E-state index contributed by atoms with van der Waals surface area (Å²) in [6, 6.07) is 4.50. The largest absolute Gasteiger partial charge is 0.395 e. The van der Waals surface area contributed by atoms with Gasteiger partial charge in [0.05, 0.1) is 18.0 Å². The third-order valence-corrected chi connectivity index (χ3v) is 4.63. The highest BCUT2D eigenvalue weighted by Crippen LogP contribution is 2.26. The number of aliphatic hydroxyl groups is 1. The van der Waals surface area contributed by atoms with Crippen LogP contribution in [0.15, 0.2) is 22.0 Å². The molecule has 0 atom stereocenters. The van der Waals surface area contributed by atoms with E-state index in [0.29, 0.717) is 30.8 Å². The van der Waals surface area contributed by atoms with Crippen LogP contribution < -0.4 is 0 Å². The number of aromatic nitrogens is 2.